The summed E-state index contributed by atoms with van der Waals surface area (Å²) in [6.45, 7) is 0.927. The Morgan fingerprint density at radius 2 is 2.04 bits per heavy atom. The fraction of sp³-hybridized carbons (Fsp3) is 0.474. The van der Waals surface area contributed by atoms with Crippen molar-refractivity contribution in [2.75, 3.05) is 6.61 Å². The number of hydrogen-bond acceptors (Lipinski definition) is 3. The van der Waals surface area contributed by atoms with Gasteiger partial charge < -0.3 is 15.0 Å². The highest BCUT2D eigenvalue weighted by atomic mass is 16.3. The van der Waals surface area contributed by atoms with Crippen LogP contribution in [0.2, 0.25) is 0 Å². The number of aromatic nitrogens is 2. The van der Waals surface area contributed by atoms with Crippen LogP contribution in [0.1, 0.15) is 35.2 Å². The second-order valence-corrected chi connectivity index (χ2v) is 7.11. The molecule has 2 fully saturated rings. The first-order valence-electron chi connectivity index (χ1n) is 8.71. The summed E-state index contributed by atoms with van der Waals surface area (Å²) in [6, 6.07) is 7.86. The topological polar surface area (TPSA) is 67.2 Å². The summed E-state index contributed by atoms with van der Waals surface area (Å²) in [4.78, 5) is 16.6. The van der Waals surface area contributed by atoms with Crippen LogP contribution in [-0.2, 0) is 6.54 Å². The summed E-state index contributed by atoms with van der Waals surface area (Å²) >= 11 is 0. The molecule has 2 bridgehead atoms. The van der Waals surface area contributed by atoms with Gasteiger partial charge in [-0.15, -0.1) is 0 Å². The van der Waals surface area contributed by atoms with Crippen molar-refractivity contribution in [2.24, 2.45) is 17.8 Å². The van der Waals surface area contributed by atoms with Gasteiger partial charge in [0.25, 0.3) is 5.91 Å². The van der Waals surface area contributed by atoms with E-state index in [0.717, 1.165) is 18.5 Å². The van der Waals surface area contributed by atoms with Crippen molar-refractivity contribution >= 4 is 5.91 Å². The first-order chi connectivity index (χ1) is 11.7. The second kappa shape index (κ2) is 6.40. The molecule has 4 unspecified atom stereocenters. The maximum absolute atomic E-state index is 12.6. The van der Waals surface area contributed by atoms with Crippen LogP contribution in [0, 0.1) is 17.8 Å². The van der Waals surface area contributed by atoms with Crippen molar-refractivity contribution in [3.63, 3.8) is 0 Å². The van der Waals surface area contributed by atoms with Crippen molar-refractivity contribution < 1.29 is 9.90 Å². The minimum atomic E-state index is -0.0276. The van der Waals surface area contributed by atoms with Gasteiger partial charge >= 0.3 is 0 Å². The third-order valence-corrected chi connectivity index (χ3v) is 5.74. The predicted octanol–water partition coefficient (Wildman–Crippen LogP) is 2.07. The second-order valence-electron chi connectivity index (χ2n) is 7.11. The van der Waals surface area contributed by atoms with Crippen LogP contribution >= 0.6 is 0 Å². The predicted molar refractivity (Wildman–Crippen MR) is 90.4 cm³/mol. The number of hydrogen-bond donors (Lipinski definition) is 2. The molecular formula is C19H23N3O2. The van der Waals surface area contributed by atoms with Crippen LogP contribution in [0.4, 0.5) is 0 Å². The number of carbonyl (C=O) groups excluding carboxylic acids is 1. The molecule has 0 spiro atoms. The monoisotopic (exact) mass is 325 g/mol. The Morgan fingerprint density at radius 3 is 2.75 bits per heavy atom. The van der Waals surface area contributed by atoms with E-state index in [-0.39, 0.29) is 24.5 Å². The molecule has 0 aliphatic heterocycles. The highest BCUT2D eigenvalue weighted by Crippen LogP contribution is 2.48. The van der Waals surface area contributed by atoms with Gasteiger partial charge in [-0.05, 0) is 48.8 Å². The Hall–Kier alpha value is -2.14. The normalized spacial score (nSPS) is 28.2. The smallest absolute Gasteiger partial charge is 0.251 e. The van der Waals surface area contributed by atoms with Gasteiger partial charge in [-0.2, -0.15) is 0 Å². The van der Waals surface area contributed by atoms with Gasteiger partial charge in [-0.25, -0.2) is 4.98 Å². The van der Waals surface area contributed by atoms with Crippen LogP contribution in [0.5, 0.6) is 0 Å². The molecule has 2 aliphatic carbocycles. The number of nitrogens with one attached hydrogen (secondary N) is 1. The molecule has 2 aromatic rings. The fourth-order valence-electron chi connectivity index (χ4n) is 4.49. The summed E-state index contributed by atoms with van der Waals surface area (Å²) in [6.07, 6.45) is 8.99. The van der Waals surface area contributed by atoms with Crippen molar-refractivity contribution in [2.45, 2.75) is 31.8 Å². The average molecular weight is 325 g/mol. The van der Waals surface area contributed by atoms with Gasteiger partial charge in [-0.1, -0.05) is 12.1 Å². The minimum absolute atomic E-state index is 0.0276. The van der Waals surface area contributed by atoms with Gasteiger partial charge in [0.15, 0.2) is 0 Å². The summed E-state index contributed by atoms with van der Waals surface area (Å²) < 4.78 is 2.00. The van der Waals surface area contributed by atoms with E-state index in [0.29, 0.717) is 17.4 Å². The van der Waals surface area contributed by atoms with Gasteiger partial charge in [-0.3, -0.25) is 4.79 Å². The zero-order valence-electron chi connectivity index (χ0n) is 13.6. The average Bonchev–Trinajstić information content (AvgIpc) is 3.33. The fourth-order valence-corrected chi connectivity index (χ4v) is 4.49. The Bertz CT molecular complexity index is 696. The van der Waals surface area contributed by atoms with Crippen molar-refractivity contribution in [1.29, 1.82) is 0 Å². The molecule has 0 saturated heterocycles. The molecule has 4 atom stereocenters. The van der Waals surface area contributed by atoms with E-state index in [1.165, 1.54) is 12.8 Å². The van der Waals surface area contributed by atoms with E-state index in [4.69, 9.17) is 0 Å². The molecule has 24 heavy (non-hydrogen) atoms. The van der Waals surface area contributed by atoms with Crippen LogP contribution in [0.25, 0.3) is 0 Å². The Morgan fingerprint density at radius 1 is 1.25 bits per heavy atom. The highest BCUT2D eigenvalue weighted by molar-refractivity contribution is 5.94. The first kappa shape index (κ1) is 15.4. The summed E-state index contributed by atoms with van der Waals surface area (Å²) in [5.74, 6) is 1.33. The lowest BCUT2D eigenvalue weighted by molar-refractivity contribution is 0.0861. The third-order valence-electron chi connectivity index (χ3n) is 5.74. The lowest BCUT2D eigenvalue weighted by atomic mass is 9.85. The minimum Gasteiger partial charge on any atom is -0.396 e. The molecule has 5 heteroatoms. The number of benzene rings is 1. The van der Waals surface area contributed by atoms with E-state index >= 15 is 0 Å². The van der Waals surface area contributed by atoms with E-state index in [9.17, 15) is 9.90 Å². The Kier molecular flexibility index (Phi) is 4.10. The van der Waals surface area contributed by atoms with E-state index < -0.39 is 0 Å². The summed E-state index contributed by atoms with van der Waals surface area (Å²) in [5.41, 5.74) is 1.82. The molecule has 1 heterocycles. The zero-order valence-corrected chi connectivity index (χ0v) is 13.6. The van der Waals surface area contributed by atoms with Gasteiger partial charge in [0.2, 0.25) is 0 Å². The molecule has 2 N–H and O–H groups in total. The molecule has 5 nitrogen and oxygen atoms in total. The molecule has 2 saturated carbocycles. The number of rotatable bonds is 5. The van der Waals surface area contributed by atoms with Crippen molar-refractivity contribution in [3.8, 4) is 0 Å². The quantitative estimate of drug-likeness (QED) is 0.884. The van der Waals surface area contributed by atoms with Crippen LogP contribution in [0.15, 0.2) is 43.0 Å². The standard InChI is InChI=1S/C19H23N3O2/c23-11-17-15-5-6-16(9-15)18(17)21-19(24)14-3-1-13(2-4-14)10-22-8-7-20-12-22/h1-4,7-8,12,15-18,23H,5-6,9-11H2,(H,21,24). The number of aliphatic hydroxyl groups excluding tert-OH is 1. The zero-order chi connectivity index (χ0) is 16.5. The largest absolute Gasteiger partial charge is 0.396 e. The molecular weight excluding hydrogens is 302 g/mol. The maximum atomic E-state index is 12.6. The van der Waals surface area contributed by atoms with Crippen molar-refractivity contribution in [3.05, 3.63) is 54.1 Å². The van der Waals surface area contributed by atoms with Gasteiger partial charge in [0, 0.05) is 43.1 Å². The summed E-state index contributed by atoms with van der Waals surface area (Å²) in [5, 5.41) is 12.8. The number of aliphatic hydroxyl groups is 1. The molecule has 2 aliphatic rings. The van der Waals surface area contributed by atoms with Crippen molar-refractivity contribution in [1.82, 2.24) is 14.9 Å². The molecule has 0 radical (unpaired) electrons. The lowest BCUT2D eigenvalue weighted by Gasteiger charge is -2.30. The molecule has 1 amide bonds. The Balaban J connectivity index is 1.41. The first-order valence-corrected chi connectivity index (χ1v) is 8.71. The lowest BCUT2D eigenvalue weighted by Crippen LogP contribution is -2.45. The molecule has 1 aromatic carbocycles. The van der Waals surface area contributed by atoms with E-state index in [1.54, 1.807) is 12.5 Å². The maximum Gasteiger partial charge on any atom is 0.251 e. The molecule has 1 aromatic heterocycles. The van der Waals surface area contributed by atoms with Crippen LogP contribution in [-0.4, -0.2) is 33.2 Å². The van der Waals surface area contributed by atoms with Gasteiger partial charge in [0.05, 0.1) is 6.33 Å². The third kappa shape index (κ3) is 2.84. The van der Waals surface area contributed by atoms with Gasteiger partial charge in [0.1, 0.15) is 0 Å². The highest BCUT2D eigenvalue weighted by Gasteiger charge is 2.47. The number of fused-ring (bicyclic) bond motifs is 2. The van der Waals surface area contributed by atoms with Crippen LogP contribution in [0.3, 0.4) is 0 Å². The number of imidazole rings is 1. The van der Waals surface area contributed by atoms with E-state index in [2.05, 4.69) is 10.3 Å². The number of amides is 1. The number of carbonyl (C=O) groups is 1. The Labute approximate surface area is 141 Å². The SMILES string of the molecule is O=C(NC1C2CCC(C2)C1CO)c1ccc(Cn2ccnc2)cc1. The molecule has 126 valence electrons. The van der Waals surface area contributed by atoms with Crippen LogP contribution < -0.4 is 5.32 Å². The number of nitrogens with zero attached hydrogens (tertiary/aromatic N) is 2. The summed E-state index contributed by atoms with van der Waals surface area (Å²) in [7, 11) is 0. The molecule has 4 rings (SSSR count). The van der Waals surface area contributed by atoms with E-state index in [1.807, 2.05) is 35.0 Å².